The third-order valence-corrected chi connectivity index (χ3v) is 3.74. The summed E-state index contributed by atoms with van der Waals surface area (Å²) in [5.41, 5.74) is 2.01. The molecule has 1 unspecified atom stereocenters. The van der Waals surface area contributed by atoms with Gasteiger partial charge < -0.3 is 10.6 Å². The van der Waals surface area contributed by atoms with Gasteiger partial charge in [0.1, 0.15) is 0 Å². The van der Waals surface area contributed by atoms with E-state index in [4.69, 9.17) is 0 Å². The van der Waals surface area contributed by atoms with Crippen LogP contribution in [0.5, 0.6) is 0 Å². The van der Waals surface area contributed by atoms with Gasteiger partial charge >= 0.3 is 0 Å². The normalized spacial score (nSPS) is 17.8. The highest BCUT2D eigenvalue weighted by Gasteiger charge is 2.17. The largest absolute Gasteiger partial charge is 0.326 e. The molecule has 1 fully saturated rings. The predicted octanol–water partition coefficient (Wildman–Crippen LogP) is 2.01. The van der Waals surface area contributed by atoms with Crippen LogP contribution in [0.15, 0.2) is 42.7 Å². The minimum atomic E-state index is 0.0780. The Hall–Kier alpha value is -2.14. The molecule has 1 aromatic heterocycles. The van der Waals surface area contributed by atoms with Crippen molar-refractivity contribution in [3.8, 4) is 0 Å². The highest BCUT2D eigenvalue weighted by Crippen LogP contribution is 2.13. The van der Waals surface area contributed by atoms with E-state index in [1.54, 1.807) is 6.20 Å². The number of carbonyl (C=O) groups excluding carboxylic acids is 1. The Morgan fingerprint density at radius 1 is 1.38 bits per heavy atom. The monoisotopic (exact) mass is 284 g/mol. The summed E-state index contributed by atoms with van der Waals surface area (Å²) in [6, 6.07) is 10.2. The van der Waals surface area contributed by atoms with Crippen LogP contribution in [0.3, 0.4) is 0 Å². The average Bonchev–Trinajstić information content (AvgIpc) is 3.14. The van der Waals surface area contributed by atoms with Gasteiger partial charge in [0.25, 0.3) is 0 Å². The Bertz CT molecular complexity index is 571. The molecule has 110 valence electrons. The molecule has 2 aromatic rings. The minimum absolute atomic E-state index is 0.0780. The van der Waals surface area contributed by atoms with Crippen molar-refractivity contribution in [2.24, 2.45) is 0 Å². The Balaban J connectivity index is 1.52. The fraction of sp³-hybridized carbons (Fsp3) is 0.375. The first-order chi connectivity index (χ1) is 10.3. The summed E-state index contributed by atoms with van der Waals surface area (Å²) in [5, 5.41) is 10.5. The lowest BCUT2D eigenvalue weighted by atomic mass is 10.1. The second-order valence-electron chi connectivity index (χ2n) is 5.45. The van der Waals surface area contributed by atoms with Crippen LogP contribution in [0.1, 0.15) is 24.8 Å². The van der Waals surface area contributed by atoms with Gasteiger partial charge in [-0.15, -0.1) is 0 Å². The molecule has 1 atom stereocenters. The van der Waals surface area contributed by atoms with Crippen LogP contribution in [0, 0.1) is 0 Å². The molecule has 1 aromatic carbocycles. The van der Waals surface area contributed by atoms with Crippen molar-refractivity contribution >= 4 is 11.6 Å². The summed E-state index contributed by atoms with van der Waals surface area (Å²) in [7, 11) is 0. The Kier molecular flexibility index (Phi) is 4.31. The number of nitrogens with one attached hydrogen (secondary N) is 2. The number of hydrogen-bond acceptors (Lipinski definition) is 3. The van der Waals surface area contributed by atoms with Crippen molar-refractivity contribution in [3.05, 3.63) is 48.3 Å². The van der Waals surface area contributed by atoms with Gasteiger partial charge in [-0.1, -0.05) is 12.1 Å². The molecule has 1 amide bonds. The van der Waals surface area contributed by atoms with Gasteiger partial charge in [0.2, 0.25) is 5.91 Å². The molecule has 3 rings (SSSR count). The van der Waals surface area contributed by atoms with Gasteiger partial charge in [0.05, 0.1) is 6.54 Å². The maximum absolute atomic E-state index is 11.9. The molecular weight excluding hydrogens is 264 g/mol. The summed E-state index contributed by atoms with van der Waals surface area (Å²) in [6.07, 6.45) is 6.52. The van der Waals surface area contributed by atoms with Crippen molar-refractivity contribution in [2.75, 3.05) is 11.9 Å². The molecule has 1 aliphatic rings. The molecule has 1 saturated heterocycles. The third kappa shape index (κ3) is 3.92. The molecule has 0 bridgehead atoms. The second kappa shape index (κ2) is 6.54. The standard InChI is InChI=1S/C16H20N4O/c21-16(11-15-3-1-8-17-15)19-14-6-4-13(5-7-14)12-20-10-2-9-18-20/h2,4-7,9-10,15,17H,1,3,8,11-12H2,(H,19,21). The summed E-state index contributed by atoms with van der Waals surface area (Å²) in [5.74, 6) is 0.0780. The lowest BCUT2D eigenvalue weighted by Crippen LogP contribution is -2.27. The highest BCUT2D eigenvalue weighted by molar-refractivity contribution is 5.91. The van der Waals surface area contributed by atoms with Crippen molar-refractivity contribution < 1.29 is 4.79 Å². The Morgan fingerprint density at radius 2 is 2.24 bits per heavy atom. The summed E-state index contributed by atoms with van der Waals surface area (Å²) in [4.78, 5) is 11.9. The zero-order chi connectivity index (χ0) is 14.5. The molecular formula is C16H20N4O. The van der Waals surface area contributed by atoms with Gasteiger partial charge in [0, 0.05) is 30.5 Å². The average molecular weight is 284 g/mol. The van der Waals surface area contributed by atoms with E-state index in [2.05, 4.69) is 15.7 Å². The van der Waals surface area contributed by atoms with E-state index < -0.39 is 0 Å². The predicted molar refractivity (Wildman–Crippen MR) is 82.0 cm³/mol. The maximum atomic E-state index is 11.9. The second-order valence-corrected chi connectivity index (χ2v) is 5.45. The number of amides is 1. The summed E-state index contributed by atoms with van der Waals surface area (Å²) in [6.45, 7) is 1.77. The van der Waals surface area contributed by atoms with Crippen LogP contribution in [-0.4, -0.2) is 28.3 Å². The smallest absolute Gasteiger partial charge is 0.225 e. The minimum Gasteiger partial charge on any atom is -0.326 e. The first-order valence-electron chi connectivity index (χ1n) is 7.39. The third-order valence-electron chi connectivity index (χ3n) is 3.74. The number of rotatable bonds is 5. The lowest BCUT2D eigenvalue weighted by molar-refractivity contribution is -0.116. The molecule has 0 aliphatic carbocycles. The van der Waals surface area contributed by atoms with Crippen LogP contribution in [-0.2, 0) is 11.3 Å². The van der Waals surface area contributed by atoms with Crippen LogP contribution >= 0.6 is 0 Å². The van der Waals surface area contributed by atoms with Gasteiger partial charge in [0.15, 0.2) is 0 Å². The van der Waals surface area contributed by atoms with Gasteiger partial charge in [-0.25, -0.2) is 0 Å². The Labute approximate surface area is 124 Å². The van der Waals surface area contributed by atoms with E-state index >= 15 is 0 Å². The highest BCUT2D eigenvalue weighted by atomic mass is 16.1. The van der Waals surface area contributed by atoms with Crippen molar-refractivity contribution in [1.29, 1.82) is 0 Å². The number of aromatic nitrogens is 2. The summed E-state index contributed by atoms with van der Waals surface area (Å²) < 4.78 is 1.87. The number of hydrogen-bond donors (Lipinski definition) is 2. The zero-order valence-corrected chi connectivity index (χ0v) is 12.0. The van der Waals surface area contributed by atoms with Crippen molar-refractivity contribution in [2.45, 2.75) is 31.8 Å². The first kappa shape index (κ1) is 13.8. The molecule has 5 nitrogen and oxygen atoms in total. The molecule has 2 N–H and O–H groups in total. The van der Waals surface area contributed by atoms with Gasteiger partial charge in [-0.3, -0.25) is 9.48 Å². The van der Waals surface area contributed by atoms with Gasteiger partial charge in [-0.2, -0.15) is 5.10 Å². The molecule has 0 spiro atoms. The van der Waals surface area contributed by atoms with Crippen LogP contribution in [0.2, 0.25) is 0 Å². The molecule has 0 saturated carbocycles. The zero-order valence-electron chi connectivity index (χ0n) is 12.0. The molecule has 1 aliphatic heterocycles. The van der Waals surface area contributed by atoms with Crippen LogP contribution in [0.25, 0.3) is 0 Å². The fourth-order valence-corrected chi connectivity index (χ4v) is 2.64. The number of anilines is 1. The molecule has 0 radical (unpaired) electrons. The topological polar surface area (TPSA) is 59.0 Å². The fourth-order valence-electron chi connectivity index (χ4n) is 2.64. The van der Waals surface area contributed by atoms with E-state index in [0.717, 1.165) is 30.8 Å². The van der Waals surface area contributed by atoms with E-state index in [1.165, 1.54) is 6.42 Å². The van der Waals surface area contributed by atoms with Crippen LogP contribution < -0.4 is 10.6 Å². The van der Waals surface area contributed by atoms with E-state index in [1.807, 2.05) is 41.2 Å². The SMILES string of the molecule is O=C(CC1CCCN1)Nc1ccc(Cn2cccn2)cc1. The van der Waals surface area contributed by atoms with Gasteiger partial charge in [-0.05, 0) is 43.1 Å². The quantitative estimate of drug-likeness (QED) is 0.883. The number of benzene rings is 1. The molecule has 21 heavy (non-hydrogen) atoms. The summed E-state index contributed by atoms with van der Waals surface area (Å²) >= 11 is 0. The van der Waals surface area contributed by atoms with E-state index in [-0.39, 0.29) is 5.91 Å². The molecule has 2 heterocycles. The maximum Gasteiger partial charge on any atom is 0.225 e. The lowest BCUT2D eigenvalue weighted by Gasteiger charge is -2.11. The van der Waals surface area contributed by atoms with E-state index in [0.29, 0.717) is 12.5 Å². The van der Waals surface area contributed by atoms with Crippen molar-refractivity contribution in [1.82, 2.24) is 15.1 Å². The van der Waals surface area contributed by atoms with Crippen molar-refractivity contribution in [3.63, 3.8) is 0 Å². The number of nitrogens with zero attached hydrogens (tertiary/aromatic N) is 2. The number of carbonyl (C=O) groups is 1. The Morgan fingerprint density at radius 3 is 2.90 bits per heavy atom. The van der Waals surface area contributed by atoms with Crippen LogP contribution in [0.4, 0.5) is 5.69 Å². The first-order valence-corrected chi connectivity index (χ1v) is 7.39. The molecule has 5 heteroatoms. The van der Waals surface area contributed by atoms with E-state index in [9.17, 15) is 4.79 Å².